The van der Waals surface area contributed by atoms with Crippen molar-refractivity contribution in [1.29, 1.82) is 0 Å². The number of rotatable bonds is 7. The zero-order valence-electron chi connectivity index (χ0n) is 19.4. The number of hydrogen-bond donors (Lipinski definition) is 3. The van der Waals surface area contributed by atoms with Crippen molar-refractivity contribution in [3.63, 3.8) is 0 Å². The summed E-state index contributed by atoms with van der Waals surface area (Å²) in [6.07, 6.45) is 0.446. The molecule has 0 aliphatic carbocycles. The van der Waals surface area contributed by atoms with Crippen LogP contribution in [0.15, 0.2) is 82.1 Å². The number of amidine groups is 1. The molecule has 0 aromatic heterocycles. The van der Waals surface area contributed by atoms with Crippen LogP contribution in [0, 0.1) is 5.92 Å². The van der Waals surface area contributed by atoms with E-state index in [9.17, 15) is 18.0 Å². The zero-order chi connectivity index (χ0) is 25.0. The standard InChI is InChI=1S/C26H26N4O4S/c1-17(2)14-24(31)28-21-7-5-6-18(15-21)16-27-26(32)19-10-12-20(13-11-19)29-25-22-8-3-4-9-23(22)35(33,34)30-25/h3-13,15,17H,14,16H2,1-2H3,(H,27,32)(H,28,31)(H,29,30). The van der Waals surface area contributed by atoms with Crippen molar-refractivity contribution < 1.29 is 18.0 Å². The maximum Gasteiger partial charge on any atom is 0.285 e. The maximum absolute atomic E-state index is 12.6. The summed E-state index contributed by atoms with van der Waals surface area (Å²) in [7, 11) is -3.71. The Morgan fingerprint density at radius 1 is 0.914 bits per heavy atom. The van der Waals surface area contributed by atoms with Crippen molar-refractivity contribution in [2.45, 2.75) is 31.7 Å². The molecule has 180 valence electrons. The molecule has 0 radical (unpaired) electrons. The third-order valence-corrected chi connectivity index (χ3v) is 6.63. The Kier molecular flexibility index (Phi) is 6.97. The Morgan fingerprint density at radius 2 is 1.66 bits per heavy atom. The van der Waals surface area contributed by atoms with Crippen LogP contribution in [0.4, 0.5) is 11.4 Å². The number of amides is 2. The minimum Gasteiger partial charge on any atom is -0.348 e. The lowest BCUT2D eigenvalue weighted by Gasteiger charge is -2.10. The summed E-state index contributed by atoms with van der Waals surface area (Å²) in [5.41, 5.74) is 3.13. The number of carbonyl (C=O) groups is 2. The van der Waals surface area contributed by atoms with Crippen LogP contribution in [0.3, 0.4) is 0 Å². The molecule has 35 heavy (non-hydrogen) atoms. The van der Waals surface area contributed by atoms with E-state index in [1.165, 1.54) is 6.07 Å². The number of hydrogen-bond acceptors (Lipinski definition) is 5. The highest BCUT2D eigenvalue weighted by Gasteiger charge is 2.28. The molecule has 0 fully saturated rings. The second kappa shape index (κ2) is 10.1. The van der Waals surface area contributed by atoms with E-state index in [1.807, 2.05) is 38.1 Å². The van der Waals surface area contributed by atoms with E-state index < -0.39 is 10.0 Å². The molecule has 3 aromatic carbocycles. The van der Waals surface area contributed by atoms with E-state index in [1.54, 1.807) is 42.5 Å². The van der Waals surface area contributed by atoms with Gasteiger partial charge < -0.3 is 16.0 Å². The molecule has 0 unspecified atom stereocenters. The molecule has 0 atom stereocenters. The highest BCUT2D eigenvalue weighted by atomic mass is 32.2. The van der Waals surface area contributed by atoms with E-state index in [0.29, 0.717) is 35.5 Å². The number of anilines is 2. The van der Waals surface area contributed by atoms with Gasteiger partial charge in [-0.25, -0.2) is 0 Å². The SMILES string of the molecule is CC(C)CC(=O)Nc1cccc(CNC(=O)c2ccc(NC3=NS(=O)(=O)c4ccccc43)cc2)c1. The first kappa shape index (κ1) is 24.2. The lowest BCUT2D eigenvalue weighted by Crippen LogP contribution is -2.23. The largest absolute Gasteiger partial charge is 0.348 e. The molecule has 1 heterocycles. The summed E-state index contributed by atoms with van der Waals surface area (Å²) in [4.78, 5) is 24.8. The van der Waals surface area contributed by atoms with Gasteiger partial charge in [0.1, 0.15) is 4.90 Å². The van der Waals surface area contributed by atoms with Gasteiger partial charge in [0, 0.05) is 35.5 Å². The molecule has 3 N–H and O–H groups in total. The Morgan fingerprint density at radius 3 is 2.40 bits per heavy atom. The molecule has 2 amide bonds. The van der Waals surface area contributed by atoms with Gasteiger partial charge in [0.2, 0.25) is 5.91 Å². The second-order valence-electron chi connectivity index (χ2n) is 8.64. The minimum atomic E-state index is -3.71. The fraction of sp³-hybridized carbons (Fsp3) is 0.192. The van der Waals surface area contributed by atoms with E-state index >= 15 is 0 Å². The van der Waals surface area contributed by atoms with Crippen LogP contribution in [0.2, 0.25) is 0 Å². The molecular formula is C26H26N4O4S. The number of benzene rings is 3. The van der Waals surface area contributed by atoms with E-state index in [2.05, 4.69) is 20.3 Å². The van der Waals surface area contributed by atoms with Crippen molar-refractivity contribution in [2.75, 3.05) is 10.6 Å². The molecule has 4 rings (SSSR count). The summed E-state index contributed by atoms with van der Waals surface area (Å²) in [6, 6.07) is 20.6. The quantitative estimate of drug-likeness (QED) is 0.460. The third kappa shape index (κ3) is 5.93. The number of nitrogens with one attached hydrogen (secondary N) is 3. The fourth-order valence-electron chi connectivity index (χ4n) is 3.66. The zero-order valence-corrected chi connectivity index (χ0v) is 20.2. The molecule has 0 spiro atoms. The van der Waals surface area contributed by atoms with Gasteiger partial charge in [0.05, 0.1) is 0 Å². The molecule has 0 saturated carbocycles. The number of nitrogens with zero attached hydrogens (tertiary/aromatic N) is 1. The molecule has 3 aromatic rings. The third-order valence-electron chi connectivity index (χ3n) is 5.30. The lowest BCUT2D eigenvalue weighted by atomic mass is 10.1. The van der Waals surface area contributed by atoms with Crippen LogP contribution >= 0.6 is 0 Å². The smallest absolute Gasteiger partial charge is 0.285 e. The van der Waals surface area contributed by atoms with Gasteiger partial charge >= 0.3 is 0 Å². The predicted molar refractivity (Wildman–Crippen MR) is 136 cm³/mol. The van der Waals surface area contributed by atoms with Gasteiger partial charge in [-0.1, -0.05) is 38.1 Å². The average molecular weight is 491 g/mol. The van der Waals surface area contributed by atoms with Gasteiger partial charge in [-0.05, 0) is 60.0 Å². The minimum absolute atomic E-state index is 0.0421. The first-order chi connectivity index (χ1) is 16.7. The average Bonchev–Trinajstić information content (AvgIpc) is 3.07. The van der Waals surface area contributed by atoms with Gasteiger partial charge in [-0.2, -0.15) is 8.42 Å². The van der Waals surface area contributed by atoms with Crippen LogP contribution in [0.25, 0.3) is 0 Å². The number of sulfonamides is 1. The van der Waals surface area contributed by atoms with E-state index in [0.717, 1.165) is 5.56 Å². The summed E-state index contributed by atoms with van der Waals surface area (Å²) in [5.74, 6) is 0.226. The first-order valence-corrected chi connectivity index (χ1v) is 12.6. The van der Waals surface area contributed by atoms with Crippen LogP contribution in [-0.2, 0) is 21.4 Å². The van der Waals surface area contributed by atoms with Crippen molar-refractivity contribution in [3.8, 4) is 0 Å². The van der Waals surface area contributed by atoms with E-state index in [4.69, 9.17) is 0 Å². The van der Waals surface area contributed by atoms with Crippen molar-refractivity contribution >= 4 is 39.0 Å². The van der Waals surface area contributed by atoms with Crippen LogP contribution in [-0.4, -0.2) is 26.1 Å². The highest BCUT2D eigenvalue weighted by Crippen LogP contribution is 2.26. The first-order valence-electron chi connectivity index (χ1n) is 11.2. The van der Waals surface area contributed by atoms with Crippen LogP contribution in [0.1, 0.15) is 41.8 Å². The topological polar surface area (TPSA) is 117 Å². The molecule has 0 saturated heterocycles. The Hall–Kier alpha value is -3.98. The number of carbonyl (C=O) groups excluding carboxylic acids is 2. The number of fused-ring (bicyclic) bond motifs is 1. The van der Waals surface area contributed by atoms with Gasteiger partial charge in [-0.15, -0.1) is 4.40 Å². The van der Waals surface area contributed by atoms with Crippen molar-refractivity contribution in [1.82, 2.24) is 5.32 Å². The Balaban J connectivity index is 1.36. The van der Waals surface area contributed by atoms with Crippen LogP contribution in [0.5, 0.6) is 0 Å². The molecule has 1 aliphatic rings. The maximum atomic E-state index is 12.6. The normalized spacial score (nSPS) is 13.6. The molecule has 0 bridgehead atoms. The van der Waals surface area contributed by atoms with Crippen molar-refractivity contribution in [2.24, 2.45) is 10.3 Å². The van der Waals surface area contributed by atoms with Gasteiger partial charge in [0.25, 0.3) is 15.9 Å². The monoisotopic (exact) mass is 490 g/mol. The molecular weight excluding hydrogens is 464 g/mol. The molecule has 9 heteroatoms. The van der Waals surface area contributed by atoms with E-state index in [-0.39, 0.29) is 28.5 Å². The summed E-state index contributed by atoms with van der Waals surface area (Å²) >= 11 is 0. The second-order valence-corrected chi connectivity index (χ2v) is 10.2. The lowest BCUT2D eigenvalue weighted by molar-refractivity contribution is -0.116. The van der Waals surface area contributed by atoms with Gasteiger partial charge in [0.15, 0.2) is 5.84 Å². The Bertz CT molecular complexity index is 1400. The molecule has 1 aliphatic heterocycles. The summed E-state index contributed by atoms with van der Waals surface area (Å²) in [6.45, 7) is 4.28. The Labute approximate surface area is 204 Å². The molecule has 8 nitrogen and oxygen atoms in total. The van der Waals surface area contributed by atoms with Gasteiger partial charge in [-0.3, -0.25) is 9.59 Å². The van der Waals surface area contributed by atoms with Crippen molar-refractivity contribution in [3.05, 3.63) is 89.5 Å². The summed E-state index contributed by atoms with van der Waals surface area (Å²) < 4.78 is 28.2. The summed E-state index contributed by atoms with van der Waals surface area (Å²) in [5, 5.41) is 8.76. The van der Waals surface area contributed by atoms with Crippen LogP contribution < -0.4 is 16.0 Å². The fourth-order valence-corrected chi connectivity index (χ4v) is 4.84. The highest BCUT2D eigenvalue weighted by molar-refractivity contribution is 7.90. The predicted octanol–water partition coefficient (Wildman–Crippen LogP) is 4.16.